The standard InChI is InChI=1S/C28H24FNO/c1-17(2)18(3)20-14-15-30-25(16-20)23-13-12-22(19-8-10-21(29)11-9-19)27-24-6-4-5-7-26(24)31-28(23)27/h4-18H,1-3H3. The average molecular weight is 410 g/mol. The summed E-state index contributed by atoms with van der Waals surface area (Å²) in [7, 11) is 0. The van der Waals surface area contributed by atoms with Crippen LogP contribution in [0.1, 0.15) is 32.3 Å². The summed E-state index contributed by atoms with van der Waals surface area (Å²) in [5.74, 6) is 0.739. The van der Waals surface area contributed by atoms with Crippen molar-refractivity contribution in [2.24, 2.45) is 5.92 Å². The van der Waals surface area contributed by atoms with E-state index in [-0.39, 0.29) is 5.82 Å². The number of aromatic nitrogens is 1. The van der Waals surface area contributed by atoms with Crippen molar-refractivity contribution in [1.82, 2.24) is 4.98 Å². The molecule has 1 unspecified atom stereocenters. The second-order valence-corrected chi connectivity index (χ2v) is 8.48. The summed E-state index contributed by atoms with van der Waals surface area (Å²) in [5.41, 5.74) is 6.77. The lowest BCUT2D eigenvalue weighted by atomic mass is 9.89. The highest BCUT2D eigenvalue weighted by Gasteiger charge is 2.19. The van der Waals surface area contributed by atoms with Crippen LogP contribution in [0.3, 0.4) is 0 Å². The molecule has 154 valence electrons. The third-order valence-electron chi connectivity index (χ3n) is 6.27. The molecule has 0 saturated heterocycles. The maximum Gasteiger partial charge on any atom is 0.145 e. The molecule has 0 aliphatic rings. The van der Waals surface area contributed by atoms with Gasteiger partial charge in [0.1, 0.15) is 17.0 Å². The quantitative estimate of drug-likeness (QED) is 0.299. The van der Waals surface area contributed by atoms with Crippen molar-refractivity contribution in [3.05, 3.63) is 90.4 Å². The highest BCUT2D eigenvalue weighted by atomic mass is 19.1. The number of halogens is 1. The molecule has 5 aromatic rings. The van der Waals surface area contributed by atoms with Crippen LogP contribution in [0, 0.1) is 11.7 Å². The summed E-state index contributed by atoms with van der Waals surface area (Å²) in [6, 6.07) is 23.1. The zero-order valence-electron chi connectivity index (χ0n) is 17.9. The van der Waals surface area contributed by atoms with Crippen LogP contribution in [-0.2, 0) is 0 Å². The van der Waals surface area contributed by atoms with E-state index in [1.165, 1.54) is 17.7 Å². The minimum Gasteiger partial charge on any atom is -0.455 e. The summed E-state index contributed by atoms with van der Waals surface area (Å²) in [5, 5.41) is 2.08. The molecule has 5 rings (SSSR count). The fourth-order valence-electron chi connectivity index (χ4n) is 4.16. The number of fused-ring (bicyclic) bond motifs is 3. The Balaban J connectivity index is 1.78. The Bertz CT molecular complexity index is 1380. The molecular weight excluding hydrogens is 385 g/mol. The van der Waals surface area contributed by atoms with E-state index in [1.54, 1.807) is 0 Å². The Morgan fingerprint density at radius 3 is 2.35 bits per heavy atom. The van der Waals surface area contributed by atoms with E-state index < -0.39 is 0 Å². The van der Waals surface area contributed by atoms with Crippen LogP contribution < -0.4 is 0 Å². The van der Waals surface area contributed by atoms with Gasteiger partial charge in [0, 0.05) is 22.5 Å². The minimum absolute atomic E-state index is 0.242. The Morgan fingerprint density at radius 2 is 1.58 bits per heavy atom. The van der Waals surface area contributed by atoms with Crippen LogP contribution in [0.25, 0.3) is 44.3 Å². The number of rotatable bonds is 4. The average Bonchev–Trinajstić information content (AvgIpc) is 3.18. The number of benzene rings is 3. The minimum atomic E-state index is -0.242. The van der Waals surface area contributed by atoms with Crippen LogP contribution in [0.2, 0.25) is 0 Å². The highest BCUT2D eigenvalue weighted by Crippen LogP contribution is 2.41. The van der Waals surface area contributed by atoms with Gasteiger partial charge in [-0.2, -0.15) is 0 Å². The van der Waals surface area contributed by atoms with E-state index in [4.69, 9.17) is 4.42 Å². The predicted octanol–water partition coefficient (Wildman–Crippen LogP) is 8.21. The molecule has 0 saturated carbocycles. The van der Waals surface area contributed by atoms with Gasteiger partial charge in [-0.15, -0.1) is 0 Å². The van der Waals surface area contributed by atoms with Crippen molar-refractivity contribution < 1.29 is 8.81 Å². The van der Waals surface area contributed by atoms with E-state index in [9.17, 15) is 4.39 Å². The number of furan rings is 1. The predicted molar refractivity (Wildman–Crippen MR) is 126 cm³/mol. The second-order valence-electron chi connectivity index (χ2n) is 8.48. The summed E-state index contributed by atoms with van der Waals surface area (Å²) in [4.78, 5) is 4.68. The first-order valence-electron chi connectivity index (χ1n) is 10.7. The van der Waals surface area contributed by atoms with Crippen LogP contribution in [-0.4, -0.2) is 4.98 Å². The third-order valence-corrected chi connectivity index (χ3v) is 6.27. The molecule has 2 heterocycles. The highest BCUT2D eigenvalue weighted by molar-refractivity contribution is 6.16. The van der Waals surface area contributed by atoms with Gasteiger partial charge in [-0.1, -0.05) is 57.2 Å². The molecule has 31 heavy (non-hydrogen) atoms. The number of para-hydroxylation sites is 1. The molecule has 0 aliphatic carbocycles. The molecule has 0 bridgehead atoms. The first-order chi connectivity index (χ1) is 15.0. The SMILES string of the molecule is CC(C)C(C)c1ccnc(-c2ccc(-c3ccc(F)cc3)c3c2oc2ccccc23)c1. The van der Waals surface area contributed by atoms with Gasteiger partial charge in [0.05, 0.1) is 5.69 Å². The zero-order chi connectivity index (χ0) is 21.5. The van der Waals surface area contributed by atoms with E-state index in [1.807, 2.05) is 36.5 Å². The Labute approximate surface area is 181 Å². The Kier molecular flexibility index (Phi) is 4.82. The maximum atomic E-state index is 13.5. The molecule has 0 radical (unpaired) electrons. The summed E-state index contributed by atoms with van der Waals surface area (Å²) < 4.78 is 19.9. The number of hydrogen-bond acceptors (Lipinski definition) is 2. The topological polar surface area (TPSA) is 26.0 Å². The van der Waals surface area contributed by atoms with Gasteiger partial charge in [-0.25, -0.2) is 4.39 Å². The van der Waals surface area contributed by atoms with Gasteiger partial charge in [0.2, 0.25) is 0 Å². The van der Waals surface area contributed by atoms with Gasteiger partial charge in [0.25, 0.3) is 0 Å². The molecule has 3 heteroatoms. The molecule has 1 atom stereocenters. The van der Waals surface area contributed by atoms with Gasteiger partial charge >= 0.3 is 0 Å². The van der Waals surface area contributed by atoms with Crippen LogP contribution in [0.15, 0.2) is 83.4 Å². The van der Waals surface area contributed by atoms with Crippen LogP contribution >= 0.6 is 0 Å². The number of hydrogen-bond donors (Lipinski definition) is 0. The molecule has 2 aromatic heterocycles. The lowest BCUT2D eigenvalue weighted by molar-refractivity contribution is 0.535. The lowest BCUT2D eigenvalue weighted by Crippen LogP contribution is -2.02. The van der Waals surface area contributed by atoms with Gasteiger partial charge in [0.15, 0.2) is 0 Å². The van der Waals surface area contributed by atoms with E-state index in [2.05, 4.69) is 56.1 Å². The fraction of sp³-hybridized carbons (Fsp3) is 0.179. The van der Waals surface area contributed by atoms with E-state index in [0.717, 1.165) is 44.3 Å². The van der Waals surface area contributed by atoms with Crippen LogP contribution in [0.5, 0.6) is 0 Å². The third kappa shape index (κ3) is 3.40. The molecule has 0 aliphatic heterocycles. The van der Waals surface area contributed by atoms with E-state index >= 15 is 0 Å². The maximum absolute atomic E-state index is 13.5. The van der Waals surface area contributed by atoms with Crippen molar-refractivity contribution in [2.75, 3.05) is 0 Å². The first-order valence-corrected chi connectivity index (χ1v) is 10.7. The molecular formula is C28H24FNO. The summed E-state index contributed by atoms with van der Waals surface area (Å²) in [6.45, 7) is 6.72. The first kappa shape index (κ1) is 19.5. The van der Waals surface area contributed by atoms with Crippen molar-refractivity contribution in [3.8, 4) is 22.4 Å². The smallest absolute Gasteiger partial charge is 0.145 e. The zero-order valence-corrected chi connectivity index (χ0v) is 17.9. The lowest BCUT2D eigenvalue weighted by Gasteiger charge is -2.16. The Hall–Kier alpha value is -3.46. The monoisotopic (exact) mass is 409 g/mol. The largest absolute Gasteiger partial charge is 0.455 e. The number of nitrogens with zero attached hydrogens (tertiary/aromatic N) is 1. The molecule has 0 spiro atoms. The normalized spacial score (nSPS) is 12.7. The number of pyridine rings is 1. The van der Waals surface area contributed by atoms with E-state index in [0.29, 0.717) is 11.8 Å². The summed E-state index contributed by atoms with van der Waals surface area (Å²) >= 11 is 0. The molecule has 0 N–H and O–H groups in total. The molecule has 3 aromatic carbocycles. The van der Waals surface area contributed by atoms with Gasteiger partial charge < -0.3 is 4.42 Å². The van der Waals surface area contributed by atoms with Crippen molar-refractivity contribution >= 4 is 21.9 Å². The Morgan fingerprint density at radius 1 is 0.839 bits per heavy atom. The van der Waals surface area contributed by atoms with Crippen molar-refractivity contribution in [3.63, 3.8) is 0 Å². The molecule has 0 fully saturated rings. The molecule has 0 amide bonds. The summed E-state index contributed by atoms with van der Waals surface area (Å²) in [6.07, 6.45) is 1.88. The second kappa shape index (κ2) is 7.66. The van der Waals surface area contributed by atoms with Gasteiger partial charge in [-0.3, -0.25) is 4.98 Å². The van der Waals surface area contributed by atoms with Crippen molar-refractivity contribution in [2.45, 2.75) is 26.7 Å². The fourth-order valence-corrected chi connectivity index (χ4v) is 4.16. The molecule has 2 nitrogen and oxygen atoms in total. The van der Waals surface area contributed by atoms with Crippen LogP contribution in [0.4, 0.5) is 4.39 Å². The van der Waals surface area contributed by atoms with Gasteiger partial charge in [-0.05, 0) is 64.9 Å². The van der Waals surface area contributed by atoms with Crippen molar-refractivity contribution in [1.29, 1.82) is 0 Å².